The van der Waals surface area contributed by atoms with Crippen molar-refractivity contribution >= 4 is 52.4 Å². The number of ether oxygens (including phenoxy) is 5. The molecule has 1 saturated heterocycles. The molecular weight excluding hydrogens is 588 g/mol. The molecule has 43 heavy (non-hydrogen) atoms. The van der Waals surface area contributed by atoms with Gasteiger partial charge in [0.15, 0.2) is 29.3 Å². The number of carbonyl (C=O) groups is 4. The lowest BCUT2D eigenvalue weighted by Gasteiger charge is -2.37. The maximum atomic E-state index is 12.5. The molecule has 0 radical (unpaired) electrons. The molecule has 2 aromatic rings. The van der Waals surface area contributed by atoms with Crippen molar-refractivity contribution in [2.75, 3.05) is 18.5 Å². The Morgan fingerprint density at radius 2 is 1.91 bits per heavy atom. The number of anilines is 1. The van der Waals surface area contributed by atoms with Gasteiger partial charge in [-0.05, 0) is 43.9 Å². The zero-order chi connectivity index (χ0) is 31.5. The molecule has 1 saturated carbocycles. The number of nitrogens with zero attached hydrogens (tertiary/aromatic N) is 4. The van der Waals surface area contributed by atoms with Crippen LogP contribution in [0.5, 0.6) is 0 Å². The quantitative estimate of drug-likeness (QED) is 0.115. The van der Waals surface area contributed by atoms with E-state index in [1.807, 2.05) is 0 Å². The fraction of sp³-hybridized carbons (Fsp3) is 0.593. The first-order valence-electron chi connectivity index (χ1n) is 13.8. The van der Waals surface area contributed by atoms with Crippen LogP contribution in [0.15, 0.2) is 18.5 Å². The zero-order valence-corrected chi connectivity index (χ0v) is 25.1. The average molecular weight is 623 g/mol. The first kappa shape index (κ1) is 32.1. The Kier molecular flexibility index (Phi) is 9.87. The van der Waals surface area contributed by atoms with E-state index in [4.69, 9.17) is 41.0 Å². The number of nitrogens with two attached hydrogens (primary N) is 1. The summed E-state index contributed by atoms with van der Waals surface area (Å²) in [5.41, 5.74) is 4.37. The van der Waals surface area contributed by atoms with Crippen molar-refractivity contribution in [3.8, 4) is 0 Å². The molecule has 16 heteroatoms. The van der Waals surface area contributed by atoms with Crippen molar-refractivity contribution in [2.24, 2.45) is 5.73 Å². The van der Waals surface area contributed by atoms with Gasteiger partial charge in [-0.2, -0.15) is 9.97 Å². The van der Waals surface area contributed by atoms with Crippen molar-refractivity contribution in [2.45, 2.75) is 89.6 Å². The summed E-state index contributed by atoms with van der Waals surface area (Å²) in [4.78, 5) is 62.4. The third kappa shape index (κ3) is 6.58. The molecule has 2 aromatic heterocycles. The summed E-state index contributed by atoms with van der Waals surface area (Å²) in [7, 11) is 0. The molecule has 1 aliphatic carbocycles. The number of nitrogens with one attached hydrogen (secondary N) is 1. The Bertz CT molecular complexity index is 1410. The van der Waals surface area contributed by atoms with E-state index in [0.29, 0.717) is 11.3 Å². The predicted molar refractivity (Wildman–Crippen MR) is 151 cm³/mol. The van der Waals surface area contributed by atoms with Crippen LogP contribution in [-0.2, 0) is 42.9 Å². The van der Waals surface area contributed by atoms with Crippen LogP contribution >= 0.6 is 11.6 Å². The molecule has 2 fully saturated rings. The summed E-state index contributed by atoms with van der Waals surface area (Å²) in [6, 6.07) is 0.190. The Hall–Kier alpha value is -3.82. The highest BCUT2D eigenvalue weighted by atomic mass is 35.5. The van der Waals surface area contributed by atoms with Gasteiger partial charge in [-0.3, -0.25) is 19.0 Å². The molecule has 0 spiro atoms. The summed E-state index contributed by atoms with van der Waals surface area (Å²) in [5.74, 6) is -3.17. The third-order valence-electron chi connectivity index (χ3n) is 7.27. The predicted octanol–water partition coefficient (Wildman–Crippen LogP) is 1.97. The molecule has 1 unspecified atom stereocenters. The fourth-order valence-electron chi connectivity index (χ4n) is 5.51. The molecule has 1 amide bonds. The van der Waals surface area contributed by atoms with Crippen LogP contribution in [0.25, 0.3) is 11.2 Å². The molecule has 3 heterocycles. The standard InChI is InChI=1S/C27H35ClN6O9/c1-6-39-25(38)19(21(29)37)40-11-17-27(13(2)3,43-15(5)36)20(41-14(4)35)24(42-17)34-12-30-18-22(31-16-9-7-8-10-16)32-26(28)33-23(18)34/h12,16-17,19-20,24H,2,6-11H2,1,3-5H3,(H2,29,37)(H,31,32,33)/t17-,19?,20+,24-,27-/m1/s1. The molecular formula is C27H35ClN6O9. The molecule has 3 N–H and O–H groups in total. The molecule has 1 aliphatic heterocycles. The second kappa shape index (κ2) is 13.2. The molecule has 0 bridgehead atoms. The number of fused-ring (bicyclic) bond motifs is 1. The normalized spacial score (nSPS) is 24.4. The maximum Gasteiger partial charge on any atom is 0.345 e. The second-order valence-corrected chi connectivity index (χ2v) is 10.7. The van der Waals surface area contributed by atoms with Gasteiger partial charge in [-0.25, -0.2) is 9.78 Å². The Labute approximate surface area is 252 Å². The minimum atomic E-state index is -1.85. The van der Waals surface area contributed by atoms with Gasteiger partial charge in [0.2, 0.25) is 17.0 Å². The van der Waals surface area contributed by atoms with Crippen LogP contribution < -0.4 is 11.1 Å². The van der Waals surface area contributed by atoms with E-state index in [-0.39, 0.29) is 29.2 Å². The Morgan fingerprint density at radius 3 is 2.49 bits per heavy atom. The van der Waals surface area contributed by atoms with E-state index in [1.165, 1.54) is 17.8 Å². The number of imidazole rings is 1. The molecule has 4 rings (SSSR count). The number of rotatable bonds is 12. The van der Waals surface area contributed by atoms with E-state index in [2.05, 4.69) is 26.8 Å². The minimum absolute atomic E-state index is 0.0264. The minimum Gasteiger partial charge on any atom is -0.464 e. The van der Waals surface area contributed by atoms with Crippen molar-refractivity contribution in [3.63, 3.8) is 0 Å². The lowest BCUT2D eigenvalue weighted by molar-refractivity contribution is -0.182. The largest absolute Gasteiger partial charge is 0.464 e. The number of hydrogen-bond donors (Lipinski definition) is 2. The molecule has 15 nitrogen and oxygen atoms in total. The van der Waals surface area contributed by atoms with Crippen molar-refractivity contribution in [1.29, 1.82) is 0 Å². The van der Waals surface area contributed by atoms with Gasteiger partial charge in [0.05, 0.1) is 19.5 Å². The number of amides is 1. The monoisotopic (exact) mass is 622 g/mol. The highest BCUT2D eigenvalue weighted by molar-refractivity contribution is 6.28. The lowest BCUT2D eigenvalue weighted by Crippen LogP contribution is -2.55. The second-order valence-electron chi connectivity index (χ2n) is 10.4. The van der Waals surface area contributed by atoms with E-state index in [1.54, 1.807) is 13.8 Å². The van der Waals surface area contributed by atoms with Gasteiger partial charge in [0.25, 0.3) is 5.91 Å². The summed E-state index contributed by atoms with van der Waals surface area (Å²) < 4.78 is 29.8. The molecule has 5 atom stereocenters. The number of aromatic nitrogens is 4. The van der Waals surface area contributed by atoms with Crippen LogP contribution in [0.1, 0.15) is 59.6 Å². The third-order valence-corrected chi connectivity index (χ3v) is 7.44. The van der Waals surface area contributed by atoms with Gasteiger partial charge >= 0.3 is 17.9 Å². The SMILES string of the molecule is C=C(C)[C@@]1(OC(C)=O)[C@@H](COC(C(N)=O)C(=O)OCC)O[C@@H](n2cnc3c(NC4CCCC4)nc(Cl)nc32)[C@@H]1OC(C)=O. The first-order chi connectivity index (χ1) is 20.4. The van der Waals surface area contributed by atoms with Gasteiger partial charge in [-0.1, -0.05) is 19.4 Å². The van der Waals surface area contributed by atoms with Crippen LogP contribution in [0.2, 0.25) is 5.28 Å². The van der Waals surface area contributed by atoms with E-state index in [9.17, 15) is 19.2 Å². The fourth-order valence-corrected chi connectivity index (χ4v) is 5.67. The van der Waals surface area contributed by atoms with Crippen molar-refractivity contribution < 1.29 is 42.9 Å². The van der Waals surface area contributed by atoms with Crippen LogP contribution in [0.3, 0.4) is 0 Å². The van der Waals surface area contributed by atoms with Gasteiger partial charge in [-0.15, -0.1) is 0 Å². The summed E-state index contributed by atoms with van der Waals surface area (Å²) in [6.45, 7) is 8.87. The first-order valence-corrected chi connectivity index (χ1v) is 14.2. The number of halogens is 1. The number of primary amides is 1. The molecule has 0 aromatic carbocycles. The average Bonchev–Trinajstić information content (AvgIpc) is 3.63. The van der Waals surface area contributed by atoms with Crippen LogP contribution in [0.4, 0.5) is 5.82 Å². The zero-order valence-electron chi connectivity index (χ0n) is 24.3. The van der Waals surface area contributed by atoms with Gasteiger partial charge in [0.1, 0.15) is 6.10 Å². The van der Waals surface area contributed by atoms with Crippen LogP contribution in [-0.4, -0.2) is 86.5 Å². The van der Waals surface area contributed by atoms with E-state index < -0.39 is 60.6 Å². The van der Waals surface area contributed by atoms with Crippen LogP contribution in [0, 0.1) is 0 Å². The van der Waals surface area contributed by atoms with E-state index in [0.717, 1.165) is 32.6 Å². The van der Waals surface area contributed by atoms with Gasteiger partial charge in [0, 0.05) is 19.9 Å². The van der Waals surface area contributed by atoms with Crippen molar-refractivity contribution in [3.05, 3.63) is 23.8 Å². The Morgan fingerprint density at radius 1 is 1.21 bits per heavy atom. The summed E-state index contributed by atoms with van der Waals surface area (Å²) >= 11 is 6.32. The Balaban J connectivity index is 1.80. The number of carbonyl (C=O) groups excluding carboxylic acids is 4. The smallest absolute Gasteiger partial charge is 0.345 e. The topological polar surface area (TPSA) is 196 Å². The number of esters is 3. The molecule has 2 aliphatic rings. The summed E-state index contributed by atoms with van der Waals surface area (Å²) in [6.07, 6.45) is -0.134. The highest BCUT2D eigenvalue weighted by Crippen LogP contribution is 2.47. The lowest BCUT2D eigenvalue weighted by atomic mass is 9.85. The summed E-state index contributed by atoms with van der Waals surface area (Å²) in [5, 5.41) is 3.31. The van der Waals surface area contributed by atoms with Crippen molar-refractivity contribution in [1.82, 2.24) is 19.5 Å². The highest BCUT2D eigenvalue weighted by Gasteiger charge is 2.63. The van der Waals surface area contributed by atoms with Gasteiger partial charge < -0.3 is 34.7 Å². The van der Waals surface area contributed by atoms with E-state index >= 15 is 0 Å². The maximum absolute atomic E-state index is 12.5. The molecule has 234 valence electrons. The number of hydrogen-bond acceptors (Lipinski definition) is 13.